The van der Waals surface area contributed by atoms with Crippen LogP contribution in [0.3, 0.4) is 0 Å². The Morgan fingerprint density at radius 3 is 2.26 bits per heavy atom. The van der Waals surface area contributed by atoms with E-state index in [4.69, 9.17) is 21.1 Å². The highest BCUT2D eigenvalue weighted by Crippen LogP contribution is 2.27. The Labute approximate surface area is 139 Å². The van der Waals surface area contributed by atoms with Crippen molar-refractivity contribution in [3.8, 4) is 0 Å². The van der Waals surface area contributed by atoms with Crippen molar-refractivity contribution in [3.63, 3.8) is 0 Å². The average molecular weight is 343 g/mol. The lowest BCUT2D eigenvalue weighted by Crippen LogP contribution is -2.58. The maximum absolute atomic E-state index is 12.2. The summed E-state index contributed by atoms with van der Waals surface area (Å²) in [5, 5.41) is 1.27. The van der Waals surface area contributed by atoms with Crippen LogP contribution >= 0.6 is 11.6 Å². The Morgan fingerprint density at radius 1 is 1.22 bits per heavy atom. The SMILES string of the molecule is CCOC(=O)NN(C(=O)OCC)C(C)(C=O)c1ccc(Cl)cc1. The van der Waals surface area contributed by atoms with Crippen molar-refractivity contribution in [2.24, 2.45) is 0 Å². The summed E-state index contributed by atoms with van der Waals surface area (Å²) in [4.78, 5) is 35.6. The summed E-state index contributed by atoms with van der Waals surface area (Å²) in [6.07, 6.45) is -1.23. The van der Waals surface area contributed by atoms with E-state index in [0.717, 1.165) is 5.01 Å². The van der Waals surface area contributed by atoms with E-state index in [-0.39, 0.29) is 13.2 Å². The molecule has 1 aromatic rings. The first kappa shape index (κ1) is 18.8. The molecule has 0 radical (unpaired) electrons. The second-order valence-electron chi connectivity index (χ2n) is 4.64. The third kappa shape index (κ3) is 4.59. The van der Waals surface area contributed by atoms with E-state index in [1.807, 2.05) is 0 Å². The van der Waals surface area contributed by atoms with Gasteiger partial charge < -0.3 is 14.3 Å². The minimum Gasteiger partial charge on any atom is -0.449 e. The number of carbonyl (C=O) groups excluding carboxylic acids is 3. The number of amides is 2. The normalized spacial score (nSPS) is 12.7. The molecule has 0 heterocycles. The van der Waals surface area contributed by atoms with Crippen molar-refractivity contribution in [1.29, 1.82) is 0 Å². The molecule has 1 N–H and O–H groups in total. The molecule has 1 atom stereocenters. The molecule has 8 heteroatoms. The lowest BCUT2D eigenvalue weighted by Gasteiger charge is -2.35. The zero-order valence-corrected chi connectivity index (χ0v) is 13.9. The Bertz CT molecular complexity index is 563. The van der Waals surface area contributed by atoms with Gasteiger partial charge in [0.05, 0.1) is 13.2 Å². The number of ether oxygens (including phenoxy) is 2. The standard InChI is InChI=1S/C15H19ClN2O5/c1-4-22-13(20)17-18(14(21)23-5-2)15(3,10-19)11-6-8-12(16)9-7-11/h6-10H,4-5H2,1-3H3,(H,17,20). The van der Waals surface area contributed by atoms with E-state index >= 15 is 0 Å². The monoisotopic (exact) mass is 342 g/mol. The molecule has 2 amide bonds. The fourth-order valence-electron chi connectivity index (χ4n) is 1.83. The zero-order valence-electron chi connectivity index (χ0n) is 13.2. The fraction of sp³-hybridized carbons (Fsp3) is 0.400. The van der Waals surface area contributed by atoms with Crippen LogP contribution in [0.2, 0.25) is 5.02 Å². The molecule has 0 saturated carbocycles. The number of nitrogens with zero attached hydrogens (tertiary/aromatic N) is 1. The van der Waals surface area contributed by atoms with Crippen LogP contribution in [-0.2, 0) is 19.8 Å². The number of nitrogens with one attached hydrogen (secondary N) is 1. The number of carbonyl (C=O) groups is 3. The summed E-state index contributed by atoms with van der Waals surface area (Å²) in [5.74, 6) is 0. The Hall–Kier alpha value is -2.28. The van der Waals surface area contributed by atoms with Gasteiger partial charge in [0.1, 0.15) is 5.54 Å². The van der Waals surface area contributed by atoms with Gasteiger partial charge in [0, 0.05) is 5.02 Å². The highest BCUT2D eigenvalue weighted by atomic mass is 35.5. The van der Waals surface area contributed by atoms with Crippen LogP contribution in [0.15, 0.2) is 24.3 Å². The van der Waals surface area contributed by atoms with Crippen molar-refractivity contribution in [1.82, 2.24) is 10.4 Å². The molecule has 0 fully saturated rings. The number of aldehydes is 1. The van der Waals surface area contributed by atoms with Gasteiger partial charge in [-0.25, -0.2) is 15.0 Å². The molecular formula is C15H19ClN2O5. The van der Waals surface area contributed by atoms with Gasteiger partial charge in [-0.1, -0.05) is 23.7 Å². The van der Waals surface area contributed by atoms with Gasteiger partial charge in [-0.3, -0.25) is 0 Å². The first-order valence-corrected chi connectivity index (χ1v) is 7.39. The third-order valence-electron chi connectivity index (χ3n) is 3.05. The number of benzene rings is 1. The second kappa shape index (κ2) is 8.38. The van der Waals surface area contributed by atoms with Crippen molar-refractivity contribution in [2.75, 3.05) is 13.2 Å². The maximum Gasteiger partial charge on any atom is 0.430 e. The largest absolute Gasteiger partial charge is 0.449 e. The van der Waals surface area contributed by atoms with Gasteiger partial charge in [-0.15, -0.1) is 0 Å². The molecule has 0 aromatic heterocycles. The lowest BCUT2D eigenvalue weighted by atomic mass is 9.93. The molecule has 0 spiro atoms. The van der Waals surface area contributed by atoms with Crippen LogP contribution in [-0.4, -0.2) is 36.7 Å². The Morgan fingerprint density at radius 2 is 1.78 bits per heavy atom. The van der Waals surface area contributed by atoms with Crippen LogP contribution < -0.4 is 5.43 Å². The summed E-state index contributed by atoms with van der Waals surface area (Å²) in [5.41, 5.74) is 1.19. The van der Waals surface area contributed by atoms with Gasteiger partial charge in [0.15, 0.2) is 6.29 Å². The van der Waals surface area contributed by atoms with Crippen LogP contribution in [0.1, 0.15) is 26.3 Å². The third-order valence-corrected chi connectivity index (χ3v) is 3.30. The highest BCUT2D eigenvalue weighted by molar-refractivity contribution is 6.30. The number of hydrogen-bond donors (Lipinski definition) is 1. The average Bonchev–Trinajstić information content (AvgIpc) is 2.53. The molecule has 1 rings (SSSR count). The summed E-state index contributed by atoms with van der Waals surface area (Å²) < 4.78 is 9.67. The Balaban J connectivity index is 3.22. The van der Waals surface area contributed by atoms with Crippen LogP contribution in [0.4, 0.5) is 9.59 Å². The topological polar surface area (TPSA) is 84.9 Å². The summed E-state index contributed by atoms with van der Waals surface area (Å²) in [6, 6.07) is 6.31. The first-order chi connectivity index (χ1) is 10.9. The molecule has 0 bridgehead atoms. The van der Waals surface area contributed by atoms with E-state index in [2.05, 4.69) is 5.43 Å². The molecule has 23 heavy (non-hydrogen) atoms. The van der Waals surface area contributed by atoms with E-state index < -0.39 is 17.7 Å². The summed E-state index contributed by atoms with van der Waals surface area (Å²) >= 11 is 5.84. The minimum atomic E-state index is -1.50. The van der Waals surface area contributed by atoms with Crippen molar-refractivity contribution < 1.29 is 23.9 Å². The van der Waals surface area contributed by atoms with Gasteiger partial charge in [0.2, 0.25) is 0 Å². The molecule has 0 aliphatic rings. The smallest absolute Gasteiger partial charge is 0.430 e. The molecule has 126 valence electrons. The van der Waals surface area contributed by atoms with Gasteiger partial charge in [-0.05, 0) is 38.5 Å². The van der Waals surface area contributed by atoms with E-state index in [1.54, 1.807) is 38.1 Å². The van der Waals surface area contributed by atoms with E-state index in [9.17, 15) is 14.4 Å². The molecule has 1 aromatic carbocycles. The van der Waals surface area contributed by atoms with Crippen molar-refractivity contribution in [3.05, 3.63) is 34.9 Å². The molecule has 0 aliphatic heterocycles. The van der Waals surface area contributed by atoms with Crippen molar-refractivity contribution >= 4 is 30.1 Å². The molecule has 1 unspecified atom stereocenters. The fourth-order valence-corrected chi connectivity index (χ4v) is 1.96. The van der Waals surface area contributed by atoms with Crippen LogP contribution in [0.25, 0.3) is 0 Å². The molecular weight excluding hydrogens is 324 g/mol. The van der Waals surface area contributed by atoms with Gasteiger partial charge in [0.25, 0.3) is 0 Å². The number of hydrazine groups is 1. The predicted molar refractivity (Wildman–Crippen MR) is 83.9 cm³/mol. The van der Waals surface area contributed by atoms with Gasteiger partial charge >= 0.3 is 12.2 Å². The second-order valence-corrected chi connectivity index (χ2v) is 5.08. The summed E-state index contributed by atoms with van der Waals surface area (Å²) in [7, 11) is 0. The first-order valence-electron chi connectivity index (χ1n) is 7.01. The van der Waals surface area contributed by atoms with Crippen LogP contribution in [0.5, 0.6) is 0 Å². The predicted octanol–water partition coefficient (Wildman–Crippen LogP) is 2.87. The number of halogens is 1. The lowest BCUT2D eigenvalue weighted by molar-refractivity contribution is -0.119. The van der Waals surface area contributed by atoms with E-state index in [0.29, 0.717) is 16.9 Å². The quantitative estimate of drug-likeness (QED) is 0.657. The molecule has 7 nitrogen and oxygen atoms in total. The highest BCUT2D eigenvalue weighted by Gasteiger charge is 2.40. The zero-order chi connectivity index (χ0) is 17.5. The van der Waals surface area contributed by atoms with E-state index in [1.165, 1.54) is 6.92 Å². The van der Waals surface area contributed by atoms with Crippen molar-refractivity contribution in [2.45, 2.75) is 26.3 Å². The minimum absolute atomic E-state index is 0.0788. The molecule has 0 saturated heterocycles. The van der Waals surface area contributed by atoms with Crippen LogP contribution in [0, 0.1) is 0 Å². The van der Waals surface area contributed by atoms with Gasteiger partial charge in [-0.2, -0.15) is 5.01 Å². The number of rotatable bonds is 5. The molecule has 0 aliphatic carbocycles. The number of hydrogen-bond acceptors (Lipinski definition) is 5. The Kier molecular flexibility index (Phi) is 6.84. The summed E-state index contributed by atoms with van der Waals surface area (Å²) in [6.45, 7) is 4.89. The maximum atomic E-state index is 12.2.